The largest absolute Gasteiger partial charge is 0.490 e. The van der Waals surface area contributed by atoms with E-state index in [-0.39, 0.29) is 5.91 Å². The van der Waals surface area contributed by atoms with Crippen LogP contribution in [-0.4, -0.2) is 34.9 Å². The van der Waals surface area contributed by atoms with E-state index in [0.29, 0.717) is 17.8 Å². The van der Waals surface area contributed by atoms with Crippen LogP contribution in [0.15, 0.2) is 36.5 Å². The van der Waals surface area contributed by atoms with Gasteiger partial charge in [-0.15, -0.1) is 0 Å². The van der Waals surface area contributed by atoms with Crippen molar-refractivity contribution in [3.05, 3.63) is 42.2 Å². The fourth-order valence-corrected chi connectivity index (χ4v) is 3.76. The summed E-state index contributed by atoms with van der Waals surface area (Å²) < 4.78 is 7.91. The molecule has 6 nitrogen and oxygen atoms in total. The molecule has 138 valence electrons. The van der Waals surface area contributed by atoms with Crippen LogP contribution >= 0.6 is 0 Å². The van der Waals surface area contributed by atoms with E-state index >= 15 is 0 Å². The second-order valence-electron chi connectivity index (χ2n) is 7.19. The summed E-state index contributed by atoms with van der Waals surface area (Å²) in [7, 11) is 0. The maximum absolute atomic E-state index is 12.5. The molecule has 4 rings (SSSR count). The van der Waals surface area contributed by atoms with Crippen molar-refractivity contribution in [2.24, 2.45) is 0 Å². The van der Waals surface area contributed by atoms with Crippen LogP contribution < -0.4 is 15.4 Å². The topological polar surface area (TPSA) is 68.2 Å². The van der Waals surface area contributed by atoms with E-state index in [0.717, 1.165) is 50.2 Å². The van der Waals surface area contributed by atoms with Crippen LogP contribution in [0.3, 0.4) is 0 Å². The highest BCUT2D eigenvalue weighted by Crippen LogP contribution is 2.26. The predicted molar refractivity (Wildman–Crippen MR) is 101 cm³/mol. The van der Waals surface area contributed by atoms with Gasteiger partial charge in [0.2, 0.25) is 0 Å². The lowest BCUT2D eigenvalue weighted by Crippen LogP contribution is -2.32. The minimum absolute atomic E-state index is 0.189. The van der Waals surface area contributed by atoms with Crippen LogP contribution in [0.5, 0.6) is 5.75 Å². The molecule has 2 fully saturated rings. The number of anilines is 1. The van der Waals surface area contributed by atoms with Gasteiger partial charge in [0.1, 0.15) is 5.75 Å². The number of aromatic nitrogens is 2. The number of hydrogen-bond donors (Lipinski definition) is 2. The second kappa shape index (κ2) is 7.91. The summed E-state index contributed by atoms with van der Waals surface area (Å²) >= 11 is 0. The van der Waals surface area contributed by atoms with Crippen molar-refractivity contribution in [3.63, 3.8) is 0 Å². The number of nitrogens with zero attached hydrogens (tertiary/aromatic N) is 2. The zero-order chi connectivity index (χ0) is 17.8. The number of rotatable bonds is 5. The van der Waals surface area contributed by atoms with Gasteiger partial charge in [-0.3, -0.25) is 9.48 Å². The van der Waals surface area contributed by atoms with Gasteiger partial charge in [-0.05, 0) is 63.3 Å². The lowest BCUT2D eigenvalue weighted by atomic mass is 10.1. The van der Waals surface area contributed by atoms with E-state index in [2.05, 4.69) is 15.7 Å². The van der Waals surface area contributed by atoms with E-state index in [4.69, 9.17) is 4.74 Å². The summed E-state index contributed by atoms with van der Waals surface area (Å²) in [5.41, 5.74) is 1.18. The molecule has 0 radical (unpaired) electrons. The second-order valence-corrected chi connectivity index (χ2v) is 7.19. The Kier molecular flexibility index (Phi) is 5.20. The molecule has 0 spiro atoms. The van der Waals surface area contributed by atoms with E-state index in [1.807, 2.05) is 35.1 Å². The molecule has 2 aromatic rings. The molecule has 26 heavy (non-hydrogen) atoms. The van der Waals surface area contributed by atoms with Gasteiger partial charge >= 0.3 is 0 Å². The molecule has 1 aliphatic heterocycles. The highest BCUT2D eigenvalue weighted by Gasteiger charge is 2.19. The number of hydrogen-bond acceptors (Lipinski definition) is 4. The van der Waals surface area contributed by atoms with Crippen LogP contribution in [-0.2, 0) is 0 Å². The van der Waals surface area contributed by atoms with Gasteiger partial charge in [0.15, 0.2) is 5.69 Å². The molecule has 1 aromatic carbocycles. The lowest BCUT2D eigenvalue weighted by molar-refractivity contribution is 0.102. The number of carbonyl (C=O) groups excluding carboxylic acids is 1. The van der Waals surface area contributed by atoms with Gasteiger partial charge in [-0.2, -0.15) is 5.10 Å². The molecule has 2 heterocycles. The number of ether oxygens (including phenoxy) is 1. The van der Waals surface area contributed by atoms with Crippen LogP contribution in [0, 0.1) is 0 Å². The Morgan fingerprint density at radius 3 is 2.88 bits per heavy atom. The van der Waals surface area contributed by atoms with E-state index in [1.165, 1.54) is 12.8 Å². The van der Waals surface area contributed by atoms with Crippen molar-refractivity contribution in [2.45, 2.75) is 50.7 Å². The first kappa shape index (κ1) is 17.1. The van der Waals surface area contributed by atoms with Crippen molar-refractivity contribution >= 4 is 11.6 Å². The highest BCUT2D eigenvalue weighted by molar-refractivity contribution is 6.02. The summed E-state index contributed by atoms with van der Waals surface area (Å²) in [6.07, 6.45) is 9.14. The maximum atomic E-state index is 12.5. The first-order chi connectivity index (χ1) is 12.8. The van der Waals surface area contributed by atoms with Gasteiger partial charge in [-0.25, -0.2) is 0 Å². The molecule has 2 N–H and O–H groups in total. The molecular formula is C20H26N4O2. The summed E-state index contributed by atoms with van der Waals surface area (Å²) in [6.45, 7) is 1.97. The van der Waals surface area contributed by atoms with Crippen molar-refractivity contribution in [1.82, 2.24) is 15.1 Å². The molecule has 1 atom stereocenters. The Morgan fingerprint density at radius 1 is 1.19 bits per heavy atom. The first-order valence-electron chi connectivity index (χ1n) is 9.62. The van der Waals surface area contributed by atoms with Crippen LogP contribution in [0.4, 0.5) is 5.69 Å². The average molecular weight is 354 g/mol. The fraction of sp³-hybridized carbons (Fsp3) is 0.500. The molecule has 0 bridgehead atoms. The number of nitrogens with one attached hydrogen (secondary N) is 2. The smallest absolute Gasteiger partial charge is 0.276 e. The average Bonchev–Trinajstić information content (AvgIpc) is 3.35. The Balaban J connectivity index is 1.39. The lowest BCUT2D eigenvalue weighted by Gasteiger charge is -2.22. The third kappa shape index (κ3) is 4.07. The maximum Gasteiger partial charge on any atom is 0.276 e. The zero-order valence-corrected chi connectivity index (χ0v) is 15.0. The summed E-state index contributed by atoms with van der Waals surface area (Å²) in [4.78, 5) is 12.5. The SMILES string of the molecule is O=C(Nc1cccc(OC2CCCC2)c1)c1ccn(C2CCCNC2)n1. The molecular weight excluding hydrogens is 328 g/mol. The van der Waals surface area contributed by atoms with E-state index in [1.54, 1.807) is 6.07 Å². The zero-order valence-electron chi connectivity index (χ0n) is 15.0. The summed E-state index contributed by atoms with van der Waals surface area (Å²) in [5.74, 6) is 0.624. The molecule has 1 aliphatic carbocycles. The summed E-state index contributed by atoms with van der Waals surface area (Å²) in [5, 5.41) is 10.8. The molecule has 6 heteroatoms. The van der Waals surface area contributed by atoms with Gasteiger partial charge in [0.05, 0.1) is 12.1 Å². The number of amides is 1. The Morgan fingerprint density at radius 2 is 2.08 bits per heavy atom. The Labute approximate surface area is 153 Å². The van der Waals surface area contributed by atoms with Gasteiger partial charge in [0.25, 0.3) is 5.91 Å². The number of piperidine rings is 1. The Hall–Kier alpha value is -2.34. The van der Waals surface area contributed by atoms with Crippen LogP contribution in [0.2, 0.25) is 0 Å². The molecule has 1 amide bonds. The van der Waals surface area contributed by atoms with Gasteiger partial charge in [0, 0.05) is 24.5 Å². The molecule has 2 aliphatic rings. The van der Waals surface area contributed by atoms with E-state index < -0.39 is 0 Å². The quantitative estimate of drug-likeness (QED) is 0.864. The molecule has 1 saturated carbocycles. The predicted octanol–water partition coefficient (Wildman–Crippen LogP) is 3.38. The molecule has 1 aromatic heterocycles. The van der Waals surface area contributed by atoms with E-state index in [9.17, 15) is 4.79 Å². The number of benzene rings is 1. The number of carbonyl (C=O) groups is 1. The van der Waals surface area contributed by atoms with Crippen molar-refractivity contribution < 1.29 is 9.53 Å². The minimum Gasteiger partial charge on any atom is -0.490 e. The van der Waals surface area contributed by atoms with Crippen LogP contribution in [0.25, 0.3) is 0 Å². The molecule has 1 unspecified atom stereocenters. The van der Waals surface area contributed by atoms with Crippen LogP contribution in [0.1, 0.15) is 55.1 Å². The van der Waals surface area contributed by atoms with Crippen molar-refractivity contribution in [3.8, 4) is 5.75 Å². The van der Waals surface area contributed by atoms with Crippen molar-refractivity contribution in [2.75, 3.05) is 18.4 Å². The minimum atomic E-state index is -0.189. The van der Waals surface area contributed by atoms with Crippen molar-refractivity contribution in [1.29, 1.82) is 0 Å². The third-order valence-corrected chi connectivity index (χ3v) is 5.18. The highest BCUT2D eigenvalue weighted by atomic mass is 16.5. The van der Waals surface area contributed by atoms with Gasteiger partial charge < -0.3 is 15.4 Å². The standard InChI is InChI=1S/C20H26N4O2/c25-20(19-10-12-24(23-19)16-6-4-11-21-14-16)22-15-5-3-9-18(13-15)26-17-7-1-2-8-17/h3,5,9-10,12-13,16-17,21H,1-2,4,6-8,11,14H2,(H,22,25). The Bertz CT molecular complexity index is 746. The molecule has 1 saturated heterocycles. The van der Waals surface area contributed by atoms with Gasteiger partial charge in [-0.1, -0.05) is 6.07 Å². The summed E-state index contributed by atoms with van der Waals surface area (Å²) in [6, 6.07) is 9.72. The fourth-order valence-electron chi connectivity index (χ4n) is 3.76. The first-order valence-corrected chi connectivity index (χ1v) is 9.62. The monoisotopic (exact) mass is 354 g/mol. The normalized spacial score (nSPS) is 20.8. The third-order valence-electron chi connectivity index (χ3n) is 5.18.